The summed E-state index contributed by atoms with van der Waals surface area (Å²) in [6.07, 6.45) is 3.45. The van der Waals surface area contributed by atoms with E-state index in [1.165, 1.54) is 16.0 Å². The third kappa shape index (κ3) is 4.40. The number of carbonyl (C=O) groups is 3. The molecule has 0 aromatic heterocycles. The second-order valence-electron chi connectivity index (χ2n) is 10.3. The van der Waals surface area contributed by atoms with E-state index in [-0.39, 0.29) is 30.8 Å². The van der Waals surface area contributed by atoms with Crippen molar-refractivity contribution in [3.8, 4) is 11.1 Å². The normalized spacial score (nSPS) is 22.5. The van der Waals surface area contributed by atoms with Crippen LogP contribution in [0.3, 0.4) is 0 Å². The van der Waals surface area contributed by atoms with Crippen LogP contribution in [-0.2, 0) is 14.3 Å². The van der Waals surface area contributed by atoms with Gasteiger partial charge in [-0.05, 0) is 60.3 Å². The molecular formula is C28H32N2O5. The first-order valence-corrected chi connectivity index (χ1v) is 12.5. The van der Waals surface area contributed by atoms with Gasteiger partial charge in [0.05, 0.1) is 12.0 Å². The van der Waals surface area contributed by atoms with Crippen LogP contribution in [0.25, 0.3) is 11.1 Å². The highest BCUT2D eigenvalue weighted by Gasteiger charge is 2.45. The van der Waals surface area contributed by atoms with Crippen molar-refractivity contribution in [3.05, 3.63) is 59.7 Å². The van der Waals surface area contributed by atoms with Crippen LogP contribution in [0.5, 0.6) is 0 Å². The van der Waals surface area contributed by atoms with Gasteiger partial charge in [-0.3, -0.25) is 4.79 Å². The summed E-state index contributed by atoms with van der Waals surface area (Å²) in [6, 6.07) is 15.6. The van der Waals surface area contributed by atoms with Crippen molar-refractivity contribution in [3.63, 3.8) is 0 Å². The van der Waals surface area contributed by atoms with Gasteiger partial charge in [0, 0.05) is 12.5 Å². The second-order valence-corrected chi connectivity index (χ2v) is 10.3. The summed E-state index contributed by atoms with van der Waals surface area (Å²) in [7, 11) is 0. The molecule has 5 rings (SSSR count). The summed E-state index contributed by atoms with van der Waals surface area (Å²) < 4.78 is 5.71. The highest BCUT2D eigenvalue weighted by Crippen LogP contribution is 2.44. The lowest BCUT2D eigenvalue weighted by Crippen LogP contribution is -2.59. The molecule has 2 amide bonds. The number of amides is 2. The van der Waals surface area contributed by atoms with Gasteiger partial charge in [0.25, 0.3) is 0 Å². The molecule has 2 aromatic rings. The highest BCUT2D eigenvalue weighted by atomic mass is 16.5. The van der Waals surface area contributed by atoms with Crippen LogP contribution in [0.1, 0.15) is 62.5 Å². The Labute approximate surface area is 205 Å². The van der Waals surface area contributed by atoms with Crippen molar-refractivity contribution in [1.82, 2.24) is 10.2 Å². The van der Waals surface area contributed by atoms with Gasteiger partial charge in [-0.25, -0.2) is 9.59 Å². The molecule has 35 heavy (non-hydrogen) atoms. The van der Waals surface area contributed by atoms with Crippen LogP contribution in [-0.4, -0.2) is 52.7 Å². The molecule has 3 aliphatic rings. The predicted molar refractivity (Wildman–Crippen MR) is 131 cm³/mol. The van der Waals surface area contributed by atoms with Gasteiger partial charge in [-0.1, -0.05) is 55.5 Å². The summed E-state index contributed by atoms with van der Waals surface area (Å²) in [5, 5.41) is 12.6. The van der Waals surface area contributed by atoms with Crippen molar-refractivity contribution in [2.45, 2.75) is 62.9 Å². The number of benzene rings is 2. The molecule has 7 heteroatoms. The Hall–Kier alpha value is -3.35. The Bertz CT molecular complexity index is 1100. The molecular weight excluding hydrogens is 444 g/mol. The number of nitrogens with zero attached hydrogens (tertiary/aromatic N) is 1. The van der Waals surface area contributed by atoms with E-state index >= 15 is 0 Å². The van der Waals surface area contributed by atoms with Gasteiger partial charge in [0.15, 0.2) is 0 Å². The molecule has 184 valence electrons. The molecule has 2 aliphatic carbocycles. The maximum absolute atomic E-state index is 13.2. The average molecular weight is 477 g/mol. The average Bonchev–Trinajstić information content (AvgIpc) is 3.14. The van der Waals surface area contributed by atoms with E-state index in [1.54, 1.807) is 0 Å². The topological polar surface area (TPSA) is 95.9 Å². The Morgan fingerprint density at radius 1 is 1.03 bits per heavy atom. The molecule has 2 N–H and O–H groups in total. The number of aliphatic carboxylic acids is 1. The summed E-state index contributed by atoms with van der Waals surface area (Å²) in [6.45, 7) is 2.54. The third-order valence-electron chi connectivity index (χ3n) is 8.02. The minimum Gasteiger partial charge on any atom is -0.480 e. The van der Waals surface area contributed by atoms with Gasteiger partial charge in [0.2, 0.25) is 5.91 Å². The molecule has 0 spiro atoms. The number of alkyl carbamates (subject to hydrolysis) is 1. The van der Waals surface area contributed by atoms with Crippen molar-refractivity contribution >= 4 is 18.0 Å². The first-order valence-electron chi connectivity index (χ1n) is 12.5. The van der Waals surface area contributed by atoms with Gasteiger partial charge < -0.3 is 20.1 Å². The summed E-state index contributed by atoms with van der Waals surface area (Å²) in [4.78, 5) is 39.3. The number of piperidine rings is 1. The first-order chi connectivity index (χ1) is 16.9. The van der Waals surface area contributed by atoms with E-state index in [2.05, 4.69) is 29.6 Å². The largest absolute Gasteiger partial charge is 0.480 e. The van der Waals surface area contributed by atoms with Crippen LogP contribution in [0, 0.1) is 5.92 Å². The molecule has 2 unspecified atom stereocenters. The maximum Gasteiger partial charge on any atom is 0.407 e. The zero-order chi connectivity index (χ0) is 24.6. The minimum absolute atomic E-state index is 0.0294. The van der Waals surface area contributed by atoms with Crippen molar-refractivity contribution in [2.24, 2.45) is 5.92 Å². The van der Waals surface area contributed by atoms with Gasteiger partial charge in [0.1, 0.15) is 12.6 Å². The van der Waals surface area contributed by atoms with E-state index in [4.69, 9.17) is 4.74 Å². The fourth-order valence-electron chi connectivity index (χ4n) is 6.04. The fraction of sp³-hybridized carbons (Fsp3) is 0.464. The molecule has 2 atom stereocenters. The summed E-state index contributed by atoms with van der Waals surface area (Å²) in [5.74, 6) is -1.28. The third-order valence-corrected chi connectivity index (χ3v) is 8.02. The molecule has 2 fully saturated rings. The number of ether oxygens (including phenoxy) is 1. The lowest BCUT2D eigenvalue weighted by molar-refractivity contribution is -0.155. The Morgan fingerprint density at radius 2 is 1.66 bits per heavy atom. The number of hydrogen-bond donors (Lipinski definition) is 2. The molecule has 1 saturated carbocycles. The number of hydrogen-bond acceptors (Lipinski definition) is 4. The molecule has 0 radical (unpaired) electrons. The molecule has 0 bridgehead atoms. The van der Waals surface area contributed by atoms with Gasteiger partial charge in [-0.15, -0.1) is 0 Å². The maximum atomic E-state index is 13.2. The lowest BCUT2D eigenvalue weighted by Gasteiger charge is -2.44. The number of carboxylic acid groups (broad SMARTS) is 1. The fourth-order valence-corrected chi connectivity index (χ4v) is 6.04. The smallest absolute Gasteiger partial charge is 0.407 e. The highest BCUT2D eigenvalue weighted by molar-refractivity contribution is 5.85. The molecule has 1 heterocycles. The van der Waals surface area contributed by atoms with Crippen LogP contribution < -0.4 is 5.32 Å². The van der Waals surface area contributed by atoms with Gasteiger partial charge >= 0.3 is 12.1 Å². The summed E-state index contributed by atoms with van der Waals surface area (Å²) in [5.41, 5.74) is 3.97. The Kier molecular flexibility index (Phi) is 6.26. The zero-order valence-electron chi connectivity index (χ0n) is 20.0. The van der Waals surface area contributed by atoms with E-state index in [0.29, 0.717) is 19.4 Å². The van der Waals surface area contributed by atoms with Crippen LogP contribution in [0.2, 0.25) is 0 Å². The quantitative estimate of drug-likeness (QED) is 0.638. The van der Waals surface area contributed by atoms with E-state index in [1.807, 2.05) is 31.2 Å². The lowest BCUT2D eigenvalue weighted by atomic mass is 9.74. The Morgan fingerprint density at radius 3 is 2.23 bits per heavy atom. The van der Waals surface area contributed by atoms with Crippen molar-refractivity contribution < 1.29 is 24.2 Å². The monoisotopic (exact) mass is 476 g/mol. The van der Waals surface area contributed by atoms with Crippen LogP contribution in [0.15, 0.2) is 48.5 Å². The van der Waals surface area contributed by atoms with E-state index in [0.717, 1.165) is 30.4 Å². The standard InChI is InChI=1S/C28H32N2O5/c1-18-8-6-15-30(25(18)26(32)33)24(31)16-28(13-7-14-28)29-27(34)35-17-23-21-11-4-2-9-19(21)20-10-3-5-12-22(20)23/h2-5,9-12,18,23,25H,6-8,13-17H2,1H3,(H,29,34)(H,32,33). The van der Waals surface area contributed by atoms with E-state index in [9.17, 15) is 19.5 Å². The summed E-state index contributed by atoms with van der Waals surface area (Å²) >= 11 is 0. The van der Waals surface area contributed by atoms with Crippen molar-refractivity contribution in [1.29, 1.82) is 0 Å². The van der Waals surface area contributed by atoms with E-state index < -0.39 is 23.6 Å². The molecule has 2 aromatic carbocycles. The van der Waals surface area contributed by atoms with Crippen LogP contribution in [0.4, 0.5) is 4.79 Å². The Balaban J connectivity index is 1.23. The van der Waals surface area contributed by atoms with Crippen LogP contribution >= 0.6 is 0 Å². The molecule has 1 aliphatic heterocycles. The molecule has 1 saturated heterocycles. The molecule has 7 nitrogen and oxygen atoms in total. The van der Waals surface area contributed by atoms with Crippen molar-refractivity contribution in [2.75, 3.05) is 13.2 Å². The first kappa shape index (κ1) is 23.4. The predicted octanol–water partition coefficient (Wildman–Crippen LogP) is 4.55. The SMILES string of the molecule is CC1CCCN(C(=O)CC2(NC(=O)OCC3c4ccccc4-c4ccccc43)CCC2)C1C(=O)O. The number of nitrogens with one attached hydrogen (secondary N) is 1. The minimum atomic E-state index is -0.960. The second kappa shape index (κ2) is 9.36. The number of carbonyl (C=O) groups excluding carboxylic acids is 2. The number of fused-ring (bicyclic) bond motifs is 3. The number of carboxylic acids is 1. The number of likely N-dealkylation sites (tertiary alicyclic amines) is 1. The zero-order valence-corrected chi connectivity index (χ0v) is 20.0. The number of rotatable bonds is 6. The van der Waals surface area contributed by atoms with Gasteiger partial charge in [-0.2, -0.15) is 0 Å².